The lowest BCUT2D eigenvalue weighted by Gasteiger charge is -2.21. The average molecular weight is 298 g/mol. The lowest BCUT2D eigenvalue weighted by Crippen LogP contribution is -2.20. The smallest absolute Gasteiger partial charge is 0.325 e. The van der Waals surface area contributed by atoms with Crippen LogP contribution in [-0.4, -0.2) is 15.0 Å². The van der Waals surface area contributed by atoms with Crippen molar-refractivity contribution in [3.05, 3.63) is 41.2 Å². The van der Waals surface area contributed by atoms with Gasteiger partial charge < -0.3 is 5.73 Å². The molecule has 0 fully saturated rings. The Morgan fingerprint density at radius 3 is 2.38 bits per heavy atom. The van der Waals surface area contributed by atoms with Crippen LogP contribution in [0, 0.1) is 0 Å². The molecule has 4 nitrogen and oxygen atoms in total. The normalized spacial score (nSPS) is 12.7. The van der Waals surface area contributed by atoms with Gasteiger partial charge in [0.15, 0.2) is 0 Å². The standard InChI is InChI=1S/C14H17F3N4/c1-13(2,3)12-11(8-18)19-20-21(12)10-6-4-5-9(7-10)14(15,16)17/h4-7H,8,18H2,1-3H3. The van der Waals surface area contributed by atoms with Gasteiger partial charge in [0.25, 0.3) is 0 Å². The van der Waals surface area contributed by atoms with Crippen LogP contribution in [0.2, 0.25) is 0 Å². The molecule has 0 spiro atoms. The zero-order chi connectivity index (χ0) is 15.8. The second kappa shape index (κ2) is 5.14. The predicted molar refractivity (Wildman–Crippen MR) is 73.0 cm³/mol. The van der Waals surface area contributed by atoms with Gasteiger partial charge in [-0.2, -0.15) is 13.2 Å². The van der Waals surface area contributed by atoms with Crippen LogP contribution in [0.5, 0.6) is 0 Å². The van der Waals surface area contributed by atoms with Crippen LogP contribution in [0.25, 0.3) is 5.69 Å². The van der Waals surface area contributed by atoms with Crippen molar-refractivity contribution in [1.29, 1.82) is 0 Å². The molecule has 1 aromatic carbocycles. The summed E-state index contributed by atoms with van der Waals surface area (Å²) in [5.74, 6) is 0. The summed E-state index contributed by atoms with van der Waals surface area (Å²) in [6.07, 6.45) is -4.39. The molecule has 2 rings (SSSR count). The number of benzene rings is 1. The first-order valence-corrected chi connectivity index (χ1v) is 6.47. The SMILES string of the molecule is CC(C)(C)c1c(CN)nnn1-c1cccc(C(F)(F)F)c1. The number of nitrogens with zero attached hydrogens (tertiary/aromatic N) is 3. The molecule has 2 N–H and O–H groups in total. The fourth-order valence-electron chi connectivity index (χ4n) is 2.20. The summed E-state index contributed by atoms with van der Waals surface area (Å²) < 4.78 is 39.9. The summed E-state index contributed by atoms with van der Waals surface area (Å²) >= 11 is 0. The zero-order valence-electron chi connectivity index (χ0n) is 12.1. The van der Waals surface area contributed by atoms with Crippen molar-refractivity contribution < 1.29 is 13.2 Å². The molecule has 0 radical (unpaired) electrons. The maximum Gasteiger partial charge on any atom is 0.416 e. The number of rotatable bonds is 2. The molecule has 21 heavy (non-hydrogen) atoms. The molecule has 1 aromatic heterocycles. The second-order valence-corrected chi connectivity index (χ2v) is 5.80. The molecule has 0 aliphatic rings. The van der Waals surface area contributed by atoms with Gasteiger partial charge in [0.05, 0.1) is 16.9 Å². The third kappa shape index (κ3) is 3.07. The van der Waals surface area contributed by atoms with Gasteiger partial charge in [-0.05, 0) is 18.2 Å². The van der Waals surface area contributed by atoms with E-state index in [9.17, 15) is 13.2 Å². The molecule has 0 unspecified atom stereocenters. The molecule has 0 aliphatic carbocycles. The molecule has 7 heteroatoms. The molecule has 0 amide bonds. The Labute approximate surface area is 120 Å². The van der Waals surface area contributed by atoms with Crippen molar-refractivity contribution in [3.8, 4) is 5.69 Å². The van der Waals surface area contributed by atoms with E-state index in [-0.39, 0.29) is 12.0 Å². The first-order chi connectivity index (χ1) is 9.64. The van der Waals surface area contributed by atoms with E-state index in [0.717, 1.165) is 12.1 Å². The lowest BCUT2D eigenvalue weighted by atomic mass is 9.90. The third-order valence-electron chi connectivity index (χ3n) is 3.06. The molecule has 0 saturated carbocycles. The first-order valence-electron chi connectivity index (χ1n) is 6.47. The summed E-state index contributed by atoms with van der Waals surface area (Å²) in [6.45, 7) is 6.00. The average Bonchev–Trinajstić information content (AvgIpc) is 2.81. The minimum atomic E-state index is -4.39. The van der Waals surface area contributed by atoms with Crippen LogP contribution in [0.15, 0.2) is 24.3 Å². The van der Waals surface area contributed by atoms with E-state index in [1.54, 1.807) is 6.07 Å². The van der Waals surface area contributed by atoms with Gasteiger partial charge in [0.2, 0.25) is 0 Å². The molecule has 0 atom stereocenters. The fraction of sp³-hybridized carbons (Fsp3) is 0.429. The van der Waals surface area contributed by atoms with Crippen LogP contribution >= 0.6 is 0 Å². The number of alkyl halides is 3. The van der Waals surface area contributed by atoms with Gasteiger partial charge in [-0.25, -0.2) is 4.68 Å². The van der Waals surface area contributed by atoms with E-state index >= 15 is 0 Å². The fourth-order valence-corrected chi connectivity index (χ4v) is 2.20. The van der Waals surface area contributed by atoms with Crippen molar-refractivity contribution in [2.24, 2.45) is 5.73 Å². The highest BCUT2D eigenvalue weighted by atomic mass is 19.4. The summed E-state index contributed by atoms with van der Waals surface area (Å²) in [4.78, 5) is 0. The van der Waals surface area contributed by atoms with Crippen molar-refractivity contribution in [1.82, 2.24) is 15.0 Å². The van der Waals surface area contributed by atoms with E-state index in [2.05, 4.69) is 10.3 Å². The van der Waals surface area contributed by atoms with Gasteiger partial charge in [-0.3, -0.25) is 0 Å². The number of hydrogen-bond donors (Lipinski definition) is 1. The monoisotopic (exact) mass is 298 g/mol. The summed E-state index contributed by atoms with van der Waals surface area (Å²) in [5.41, 5.74) is 6.20. The Bertz CT molecular complexity index is 638. The predicted octanol–water partition coefficient (Wildman–Crippen LogP) is 3.04. The molecule has 2 aromatic rings. The van der Waals surface area contributed by atoms with Crippen LogP contribution in [0.4, 0.5) is 13.2 Å². The van der Waals surface area contributed by atoms with Crippen molar-refractivity contribution in [2.75, 3.05) is 0 Å². The Morgan fingerprint density at radius 1 is 1.19 bits per heavy atom. The van der Waals surface area contributed by atoms with Crippen LogP contribution in [0.1, 0.15) is 37.7 Å². The van der Waals surface area contributed by atoms with Crippen molar-refractivity contribution in [2.45, 2.75) is 38.9 Å². The molecule has 0 aliphatic heterocycles. The van der Waals surface area contributed by atoms with E-state index in [1.165, 1.54) is 10.7 Å². The van der Waals surface area contributed by atoms with Crippen molar-refractivity contribution in [3.63, 3.8) is 0 Å². The molecular weight excluding hydrogens is 281 g/mol. The van der Waals surface area contributed by atoms with Crippen LogP contribution in [0.3, 0.4) is 0 Å². The molecule has 1 heterocycles. The Kier molecular flexibility index (Phi) is 3.79. The Hall–Kier alpha value is -1.89. The van der Waals surface area contributed by atoms with Gasteiger partial charge in [0.1, 0.15) is 5.69 Å². The minimum Gasteiger partial charge on any atom is -0.325 e. The number of aromatic nitrogens is 3. The van der Waals surface area contributed by atoms with Gasteiger partial charge in [0, 0.05) is 12.0 Å². The minimum absolute atomic E-state index is 0.186. The molecule has 114 valence electrons. The number of hydrogen-bond acceptors (Lipinski definition) is 3. The summed E-state index contributed by atoms with van der Waals surface area (Å²) in [7, 11) is 0. The topological polar surface area (TPSA) is 56.7 Å². The summed E-state index contributed by atoms with van der Waals surface area (Å²) in [5, 5.41) is 7.94. The van der Waals surface area contributed by atoms with E-state index in [4.69, 9.17) is 5.73 Å². The van der Waals surface area contributed by atoms with Crippen molar-refractivity contribution >= 4 is 0 Å². The highest BCUT2D eigenvalue weighted by molar-refractivity contribution is 5.39. The van der Waals surface area contributed by atoms with Crippen LogP contribution in [-0.2, 0) is 18.1 Å². The van der Waals surface area contributed by atoms with E-state index in [1.807, 2.05) is 20.8 Å². The molecule has 0 saturated heterocycles. The van der Waals surface area contributed by atoms with Gasteiger partial charge in [-0.15, -0.1) is 5.10 Å². The lowest BCUT2D eigenvalue weighted by molar-refractivity contribution is -0.137. The molecular formula is C14H17F3N4. The largest absolute Gasteiger partial charge is 0.416 e. The number of nitrogens with two attached hydrogens (primary N) is 1. The third-order valence-corrected chi connectivity index (χ3v) is 3.06. The van der Waals surface area contributed by atoms with Gasteiger partial charge in [-0.1, -0.05) is 32.1 Å². The molecule has 0 bridgehead atoms. The maximum atomic E-state index is 12.8. The van der Waals surface area contributed by atoms with Gasteiger partial charge >= 0.3 is 6.18 Å². The highest BCUT2D eigenvalue weighted by Crippen LogP contribution is 2.32. The zero-order valence-corrected chi connectivity index (χ0v) is 12.1. The van der Waals surface area contributed by atoms with Crippen LogP contribution < -0.4 is 5.73 Å². The Balaban J connectivity index is 2.61. The second-order valence-electron chi connectivity index (χ2n) is 5.80. The first kappa shape index (κ1) is 15.5. The summed E-state index contributed by atoms with van der Waals surface area (Å²) in [6, 6.07) is 5.01. The maximum absolute atomic E-state index is 12.8. The highest BCUT2D eigenvalue weighted by Gasteiger charge is 2.31. The quantitative estimate of drug-likeness (QED) is 0.927. The Morgan fingerprint density at radius 2 is 1.86 bits per heavy atom. The number of halogens is 3. The van der Waals surface area contributed by atoms with E-state index < -0.39 is 11.7 Å². The van der Waals surface area contributed by atoms with E-state index in [0.29, 0.717) is 17.1 Å².